The van der Waals surface area contributed by atoms with Crippen molar-refractivity contribution >= 4 is 34.2 Å². The number of anilines is 1. The zero-order chi connectivity index (χ0) is 27.7. The molecular weight excluding hydrogens is 496 g/mol. The molecule has 0 radical (unpaired) electrons. The third-order valence-corrected chi connectivity index (χ3v) is 8.40. The molecule has 0 saturated carbocycles. The molecule has 0 aromatic heterocycles. The van der Waals surface area contributed by atoms with Crippen molar-refractivity contribution in [2.45, 2.75) is 56.4 Å². The van der Waals surface area contributed by atoms with E-state index in [1.165, 1.54) is 4.90 Å². The van der Waals surface area contributed by atoms with E-state index in [0.717, 1.165) is 17.2 Å². The summed E-state index contributed by atoms with van der Waals surface area (Å²) in [5, 5.41) is 12.1. The van der Waals surface area contributed by atoms with Gasteiger partial charge in [-0.25, -0.2) is 0 Å². The van der Waals surface area contributed by atoms with Crippen LogP contribution in [-0.4, -0.2) is 71.3 Å². The van der Waals surface area contributed by atoms with Gasteiger partial charge < -0.3 is 24.4 Å². The number of likely N-dealkylation sites (tertiary alicyclic amines) is 1. The predicted molar refractivity (Wildman–Crippen MR) is 148 cm³/mol. The highest BCUT2D eigenvalue weighted by atomic mass is 16.6. The Hall–Kier alpha value is -3.49. The minimum atomic E-state index is -1.16. The smallest absolute Gasteiger partial charge is 0.312 e. The molecule has 3 fully saturated rings. The van der Waals surface area contributed by atoms with Crippen LogP contribution in [0.25, 0.3) is 10.8 Å². The highest BCUT2D eigenvalue weighted by Crippen LogP contribution is 2.59. The molecule has 1 N–H and O–H groups in total. The summed E-state index contributed by atoms with van der Waals surface area (Å²) in [6.07, 6.45) is 5.32. The molecule has 2 aromatic rings. The average Bonchev–Trinajstić information content (AvgIpc) is 3.60. The topological polar surface area (TPSA) is 96.4 Å². The van der Waals surface area contributed by atoms with Crippen molar-refractivity contribution in [1.82, 2.24) is 4.90 Å². The molecule has 3 heterocycles. The second-order valence-electron chi connectivity index (χ2n) is 10.7. The monoisotopic (exact) mass is 532 g/mol. The number of rotatable bonds is 11. The van der Waals surface area contributed by atoms with E-state index in [9.17, 15) is 19.5 Å². The number of allylic oxidation sites excluding steroid dienone is 1. The van der Waals surface area contributed by atoms with Gasteiger partial charge in [0.1, 0.15) is 11.6 Å². The van der Waals surface area contributed by atoms with E-state index >= 15 is 0 Å². The van der Waals surface area contributed by atoms with Gasteiger partial charge in [-0.3, -0.25) is 14.4 Å². The summed E-state index contributed by atoms with van der Waals surface area (Å²) >= 11 is 0. The molecule has 1 spiro atoms. The number of aliphatic hydroxyl groups is 1. The third-order valence-electron chi connectivity index (χ3n) is 8.40. The normalized spacial score (nSPS) is 27.8. The molecule has 2 aromatic carbocycles. The number of carbonyl (C=O) groups is 3. The molecule has 8 heteroatoms. The van der Waals surface area contributed by atoms with E-state index in [1.807, 2.05) is 42.5 Å². The minimum Gasteiger partial charge on any atom is -0.465 e. The molecule has 2 bridgehead atoms. The van der Waals surface area contributed by atoms with E-state index in [0.29, 0.717) is 24.9 Å². The van der Waals surface area contributed by atoms with E-state index in [1.54, 1.807) is 24.0 Å². The van der Waals surface area contributed by atoms with E-state index in [4.69, 9.17) is 9.47 Å². The Balaban J connectivity index is 1.52. The van der Waals surface area contributed by atoms with Crippen molar-refractivity contribution < 1.29 is 29.0 Å². The van der Waals surface area contributed by atoms with Gasteiger partial charge in [-0.1, -0.05) is 42.5 Å². The lowest BCUT2D eigenvalue weighted by Crippen LogP contribution is -2.58. The molecule has 3 saturated heterocycles. The number of hydrogen-bond acceptors (Lipinski definition) is 6. The maximum Gasteiger partial charge on any atom is 0.312 e. The lowest BCUT2D eigenvalue weighted by molar-refractivity contribution is -0.155. The lowest BCUT2D eigenvalue weighted by atomic mass is 9.70. The highest BCUT2D eigenvalue weighted by molar-refractivity contribution is 6.05. The van der Waals surface area contributed by atoms with Gasteiger partial charge in [0.05, 0.1) is 37.2 Å². The van der Waals surface area contributed by atoms with Gasteiger partial charge in [0.25, 0.3) is 5.91 Å². The van der Waals surface area contributed by atoms with Crippen LogP contribution >= 0.6 is 0 Å². The first-order chi connectivity index (χ1) is 18.9. The van der Waals surface area contributed by atoms with Gasteiger partial charge in [0, 0.05) is 12.2 Å². The number of ether oxygens (including phenoxy) is 2. The van der Waals surface area contributed by atoms with Crippen LogP contribution in [0.4, 0.5) is 5.69 Å². The number of fused-ring (bicyclic) bond motifs is 2. The summed E-state index contributed by atoms with van der Waals surface area (Å²) in [7, 11) is 0. The molecule has 3 aliphatic rings. The third kappa shape index (κ3) is 4.45. The van der Waals surface area contributed by atoms with Gasteiger partial charge >= 0.3 is 5.97 Å². The van der Waals surface area contributed by atoms with Gasteiger partial charge in [-0.15, -0.1) is 13.2 Å². The van der Waals surface area contributed by atoms with Crippen LogP contribution in [0.3, 0.4) is 0 Å². The Morgan fingerprint density at radius 3 is 2.72 bits per heavy atom. The number of nitrogens with zero attached hydrogens (tertiary/aromatic N) is 2. The van der Waals surface area contributed by atoms with E-state index in [2.05, 4.69) is 13.2 Å². The molecule has 39 heavy (non-hydrogen) atoms. The first kappa shape index (κ1) is 27.1. The fourth-order valence-electron chi connectivity index (χ4n) is 6.64. The number of carbonyl (C=O) groups excluding carboxylic acids is 3. The highest BCUT2D eigenvalue weighted by Gasteiger charge is 2.75. The zero-order valence-electron chi connectivity index (χ0n) is 22.3. The second kappa shape index (κ2) is 10.9. The van der Waals surface area contributed by atoms with Crippen molar-refractivity contribution in [1.29, 1.82) is 0 Å². The quantitative estimate of drug-likeness (QED) is 0.270. The molecule has 6 atom stereocenters. The summed E-state index contributed by atoms with van der Waals surface area (Å²) in [5.41, 5.74) is -0.489. The standard InChI is InChI=1S/C31H36N2O6/c1-4-6-9-17-38-30(37)25-24-14-15-31(39-24)26(25)28(35)33(20(3)19-34)27(31)29(36)32(16-5-2)23-13-12-21-10-7-8-11-22(21)18-23/h4-5,7-8,10-13,18,20,24-27,34H,1-2,6,9,14-17,19H2,3H3/t20-,24-,25+,26+,27?,31?/m1/s1. The fourth-order valence-corrected chi connectivity index (χ4v) is 6.64. The second-order valence-corrected chi connectivity index (χ2v) is 10.7. The van der Waals surface area contributed by atoms with Crippen LogP contribution in [0.15, 0.2) is 67.8 Å². The van der Waals surface area contributed by atoms with Crippen molar-refractivity contribution in [3.05, 3.63) is 67.8 Å². The summed E-state index contributed by atoms with van der Waals surface area (Å²) in [4.78, 5) is 44.8. The predicted octanol–water partition coefficient (Wildman–Crippen LogP) is 3.62. The van der Waals surface area contributed by atoms with Gasteiger partial charge in [-0.05, 0) is 55.5 Å². The largest absolute Gasteiger partial charge is 0.465 e. The van der Waals surface area contributed by atoms with Gasteiger partial charge in [0.2, 0.25) is 5.91 Å². The van der Waals surface area contributed by atoms with Crippen LogP contribution in [0.5, 0.6) is 0 Å². The van der Waals surface area contributed by atoms with Crippen LogP contribution in [-0.2, 0) is 23.9 Å². The maximum absolute atomic E-state index is 14.5. The first-order valence-electron chi connectivity index (χ1n) is 13.7. The van der Waals surface area contributed by atoms with E-state index < -0.39 is 41.6 Å². The first-order valence-corrected chi connectivity index (χ1v) is 13.7. The molecule has 5 rings (SSSR count). The Morgan fingerprint density at radius 1 is 1.23 bits per heavy atom. The van der Waals surface area contributed by atoms with Gasteiger partial charge in [0.15, 0.2) is 0 Å². The Bertz CT molecular complexity index is 1290. The van der Waals surface area contributed by atoms with Crippen LogP contribution < -0.4 is 4.90 Å². The number of benzene rings is 2. The Labute approximate surface area is 228 Å². The summed E-state index contributed by atoms with van der Waals surface area (Å²) in [5.74, 6) is -2.75. The molecule has 2 amide bonds. The number of aliphatic hydroxyl groups excluding tert-OH is 1. The molecule has 3 aliphatic heterocycles. The average molecular weight is 533 g/mol. The fraction of sp³-hybridized carbons (Fsp3) is 0.452. The number of hydrogen-bond donors (Lipinski definition) is 1. The van der Waals surface area contributed by atoms with Crippen molar-refractivity contribution in [3.63, 3.8) is 0 Å². The van der Waals surface area contributed by atoms with Crippen LogP contribution in [0, 0.1) is 11.8 Å². The van der Waals surface area contributed by atoms with Crippen LogP contribution in [0.2, 0.25) is 0 Å². The van der Waals surface area contributed by atoms with E-state index in [-0.39, 0.29) is 31.6 Å². The van der Waals surface area contributed by atoms with Crippen molar-refractivity contribution in [3.8, 4) is 0 Å². The Kier molecular flexibility index (Phi) is 7.60. The lowest BCUT2D eigenvalue weighted by Gasteiger charge is -2.38. The van der Waals surface area contributed by atoms with Gasteiger partial charge in [-0.2, -0.15) is 0 Å². The zero-order valence-corrected chi connectivity index (χ0v) is 22.3. The molecule has 2 unspecified atom stereocenters. The SMILES string of the molecule is C=CCCCOC(=O)[C@@H]1[C@H]2C(=O)N([C@H](C)CO)C(C(=O)N(CC=C)c3ccc4ccccc4c3)C23CC[C@H]1O3. The minimum absolute atomic E-state index is 0.224. The number of amides is 2. The Morgan fingerprint density at radius 2 is 2.00 bits per heavy atom. The summed E-state index contributed by atoms with van der Waals surface area (Å²) < 4.78 is 12.0. The molecule has 8 nitrogen and oxygen atoms in total. The molecular formula is C31H36N2O6. The van der Waals surface area contributed by atoms with Crippen molar-refractivity contribution in [2.75, 3.05) is 24.7 Å². The molecule has 0 aliphatic carbocycles. The number of unbranched alkanes of at least 4 members (excludes halogenated alkanes) is 1. The molecule has 206 valence electrons. The summed E-state index contributed by atoms with van der Waals surface area (Å²) in [6.45, 7) is 9.39. The number of esters is 1. The maximum atomic E-state index is 14.5. The summed E-state index contributed by atoms with van der Waals surface area (Å²) in [6, 6.07) is 12.0. The van der Waals surface area contributed by atoms with Crippen LogP contribution in [0.1, 0.15) is 32.6 Å². The van der Waals surface area contributed by atoms with Crippen molar-refractivity contribution in [2.24, 2.45) is 11.8 Å².